The third-order valence-electron chi connectivity index (χ3n) is 4.48. The molecule has 136 valence electrons. The monoisotopic (exact) mass is 344 g/mol. The van der Waals surface area contributed by atoms with Crippen LogP contribution < -0.4 is 4.74 Å². The molecule has 0 saturated carbocycles. The maximum absolute atomic E-state index is 12.5. The van der Waals surface area contributed by atoms with E-state index in [0.29, 0.717) is 26.2 Å². The van der Waals surface area contributed by atoms with E-state index in [2.05, 4.69) is 6.92 Å². The van der Waals surface area contributed by atoms with Gasteiger partial charge in [0, 0.05) is 44.7 Å². The molecule has 0 N–H and O–H groups in total. The average Bonchev–Trinajstić information content (AvgIpc) is 2.87. The zero-order chi connectivity index (χ0) is 18.2. The lowest BCUT2D eigenvalue weighted by Gasteiger charge is -2.20. The molecule has 1 aromatic carbocycles. The number of amides is 2. The minimum Gasteiger partial charge on any atom is -0.490 e. The Balaban J connectivity index is 2.01. The highest BCUT2D eigenvalue weighted by molar-refractivity contribution is 5.92. The van der Waals surface area contributed by atoms with Gasteiger partial charge in [0.2, 0.25) is 11.8 Å². The van der Waals surface area contributed by atoms with Crippen LogP contribution in [0.4, 0.5) is 0 Å². The summed E-state index contributed by atoms with van der Waals surface area (Å²) < 4.78 is 5.91. The summed E-state index contributed by atoms with van der Waals surface area (Å²) in [7, 11) is 0. The fourth-order valence-corrected chi connectivity index (χ4v) is 2.74. The first kappa shape index (κ1) is 19.0. The smallest absolute Gasteiger partial charge is 0.246 e. The molecule has 5 heteroatoms. The van der Waals surface area contributed by atoms with Crippen LogP contribution in [0.3, 0.4) is 0 Å². The second kappa shape index (κ2) is 9.25. The lowest BCUT2D eigenvalue weighted by atomic mass is 10.1. The Morgan fingerprint density at radius 2 is 1.84 bits per heavy atom. The summed E-state index contributed by atoms with van der Waals surface area (Å²) in [5.41, 5.74) is 0.899. The number of carbonyl (C=O) groups excluding carboxylic acids is 2. The molecule has 25 heavy (non-hydrogen) atoms. The van der Waals surface area contributed by atoms with E-state index in [-0.39, 0.29) is 17.9 Å². The molecule has 0 bridgehead atoms. The molecular formula is C20H28N2O3. The topological polar surface area (TPSA) is 49.9 Å². The van der Waals surface area contributed by atoms with Crippen molar-refractivity contribution in [2.24, 2.45) is 0 Å². The minimum atomic E-state index is -0.0243. The van der Waals surface area contributed by atoms with Crippen LogP contribution in [0.5, 0.6) is 5.75 Å². The van der Waals surface area contributed by atoms with E-state index in [1.165, 1.54) is 0 Å². The van der Waals surface area contributed by atoms with E-state index in [9.17, 15) is 9.59 Å². The molecule has 1 aliphatic rings. The molecule has 1 aromatic rings. The minimum absolute atomic E-state index is 0.0243. The molecule has 1 atom stereocenters. The number of nitrogens with zero attached hydrogens (tertiary/aromatic N) is 2. The van der Waals surface area contributed by atoms with Gasteiger partial charge in [-0.05, 0) is 31.9 Å². The number of hydrogen-bond acceptors (Lipinski definition) is 3. The number of hydrogen-bond donors (Lipinski definition) is 0. The zero-order valence-electron chi connectivity index (χ0n) is 15.4. The summed E-state index contributed by atoms with van der Waals surface area (Å²) in [6.07, 6.45) is 5.29. The molecule has 0 aliphatic carbocycles. The van der Waals surface area contributed by atoms with Crippen LogP contribution in [-0.4, -0.2) is 53.9 Å². The molecule has 0 radical (unpaired) electrons. The van der Waals surface area contributed by atoms with E-state index in [1.807, 2.05) is 37.3 Å². The fourth-order valence-electron chi connectivity index (χ4n) is 2.74. The van der Waals surface area contributed by atoms with Gasteiger partial charge in [-0.1, -0.05) is 25.1 Å². The molecule has 0 aromatic heterocycles. The SMILES string of the molecule is CC[C@H](C)Oc1ccccc1/C=C/C(=O)N1CCCN(C(C)=O)CC1. The molecule has 1 aliphatic heterocycles. The number of rotatable bonds is 5. The number of carbonyl (C=O) groups is 2. The van der Waals surface area contributed by atoms with E-state index >= 15 is 0 Å². The standard InChI is InChI=1S/C20H28N2O3/c1-4-16(2)25-19-9-6-5-8-18(19)10-11-20(24)22-13-7-12-21(14-15-22)17(3)23/h5-6,8-11,16H,4,7,12-15H2,1-3H3/b11-10+/t16-/m0/s1. The third kappa shape index (κ3) is 5.62. The Morgan fingerprint density at radius 3 is 2.56 bits per heavy atom. The molecule has 1 heterocycles. The van der Waals surface area contributed by atoms with Crippen molar-refractivity contribution in [1.29, 1.82) is 0 Å². The van der Waals surface area contributed by atoms with Crippen molar-refractivity contribution in [2.75, 3.05) is 26.2 Å². The van der Waals surface area contributed by atoms with Crippen LogP contribution in [0.25, 0.3) is 6.08 Å². The van der Waals surface area contributed by atoms with Gasteiger partial charge in [0.05, 0.1) is 6.10 Å². The Labute approximate surface area is 150 Å². The average molecular weight is 344 g/mol. The van der Waals surface area contributed by atoms with Gasteiger partial charge in [-0.15, -0.1) is 0 Å². The zero-order valence-corrected chi connectivity index (χ0v) is 15.4. The van der Waals surface area contributed by atoms with Gasteiger partial charge >= 0.3 is 0 Å². The first-order valence-electron chi connectivity index (χ1n) is 8.99. The third-order valence-corrected chi connectivity index (χ3v) is 4.48. The lowest BCUT2D eigenvalue weighted by molar-refractivity contribution is -0.130. The highest BCUT2D eigenvalue weighted by Crippen LogP contribution is 2.21. The van der Waals surface area contributed by atoms with Crippen LogP contribution in [0, 0.1) is 0 Å². The van der Waals surface area contributed by atoms with Gasteiger partial charge in [0.1, 0.15) is 5.75 Å². The van der Waals surface area contributed by atoms with Crippen molar-refractivity contribution in [3.05, 3.63) is 35.9 Å². The summed E-state index contributed by atoms with van der Waals surface area (Å²) in [5, 5.41) is 0. The molecule has 0 unspecified atom stereocenters. The van der Waals surface area contributed by atoms with E-state index in [0.717, 1.165) is 24.2 Å². The van der Waals surface area contributed by atoms with Crippen molar-refractivity contribution < 1.29 is 14.3 Å². The maximum atomic E-state index is 12.5. The summed E-state index contributed by atoms with van der Waals surface area (Å²) in [6.45, 7) is 8.26. The van der Waals surface area contributed by atoms with Crippen LogP contribution >= 0.6 is 0 Å². The Morgan fingerprint density at radius 1 is 1.16 bits per heavy atom. The molecule has 0 spiro atoms. The highest BCUT2D eigenvalue weighted by atomic mass is 16.5. The van der Waals surface area contributed by atoms with Crippen molar-refractivity contribution in [3.8, 4) is 5.75 Å². The van der Waals surface area contributed by atoms with Crippen molar-refractivity contribution in [3.63, 3.8) is 0 Å². The summed E-state index contributed by atoms with van der Waals surface area (Å²) in [5.74, 6) is 0.837. The Hall–Kier alpha value is -2.30. The lowest BCUT2D eigenvalue weighted by Crippen LogP contribution is -2.35. The van der Waals surface area contributed by atoms with Crippen LogP contribution in [0.2, 0.25) is 0 Å². The fraction of sp³-hybridized carbons (Fsp3) is 0.500. The normalized spacial score (nSPS) is 16.6. The predicted molar refractivity (Wildman–Crippen MR) is 99.3 cm³/mol. The van der Waals surface area contributed by atoms with Crippen molar-refractivity contribution in [2.45, 2.75) is 39.7 Å². The highest BCUT2D eigenvalue weighted by Gasteiger charge is 2.18. The van der Waals surface area contributed by atoms with Crippen LogP contribution in [0.1, 0.15) is 39.2 Å². The van der Waals surface area contributed by atoms with Gasteiger partial charge in [-0.3, -0.25) is 9.59 Å². The Kier molecular flexibility index (Phi) is 7.04. The van der Waals surface area contributed by atoms with Gasteiger partial charge in [-0.25, -0.2) is 0 Å². The predicted octanol–water partition coefficient (Wildman–Crippen LogP) is 2.96. The van der Waals surface area contributed by atoms with Crippen molar-refractivity contribution in [1.82, 2.24) is 9.80 Å². The van der Waals surface area contributed by atoms with E-state index in [1.54, 1.807) is 22.8 Å². The largest absolute Gasteiger partial charge is 0.490 e. The van der Waals surface area contributed by atoms with E-state index in [4.69, 9.17) is 4.74 Å². The summed E-state index contributed by atoms with van der Waals surface area (Å²) in [6, 6.07) is 7.74. The molecule has 5 nitrogen and oxygen atoms in total. The number of benzene rings is 1. The van der Waals surface area contributed by atoms with E-state index < -0.39 is 0 Å². The number of para-hydroxylation sites is 1. The van der Waals surface area contributed by atoms with Gasteiger partial charge in [0.25, 0.3) is 0 Å². The van der Waals surface area contributed by atoms with Gasteiger partial charge in [0.15, 0.2) is 0 Å². The molecule has 1 fully saturated rings. The first-order valence-corrected chi connectivity index (χ1v) is 8.99. The molecule has 1 saturated heterocycles. The second-order valence-corrected chi connectivity index (χ2v) is 6.39. The molecule has 2 amide bonds. The van der Waals surface area contributed by atoms with Gasteiger partial charge in [-0.2, -0.15) is 0 Å². The van der Waals surface area contributed by atoms with Crippen LogP contribution in [0.15, 0.2) is 30.3 Å². The Bertz CT molecular complexity index is 627. The quantitative estimate of drug-likeness (QED) is 0.772. The van der Waals surface area contributed by atoms with Crippen molar-refractivity contribution >= 4 is 17.9 Å². The summed E-state index contributed by atoms with van der Waals surface area (Å²) >= 11 is 0. The maximum Gasteiger partial charge on any atom is 0.246 e. The van der Waals surface area contributed by atoms with Gasteiger partial charge < -0.3 is 14.5 Å². The molecular weight excluding hydrogens is 316 g/mol. The molecule has 2 rings (SSSR count). The van der Waals surface area contributed by atoms with Crippen LogP contribution in [-0.2, 0) is 9.59 Å². The summed E-state index contributed by atoms with van der Waals surface area (Å²) in [4.78, 5) is 27.6. The second-order valence-electron chi connectivity index (χ2n) is 6.39. The number of ether oxygens (including phenoxy) is 1. The first-order chi connectivity index (χ1) is 12.0.